The van der Waals surface area contributed by atoms with Crippen LogP contribution in [0.4, 0.5) is 35.0 Å². The van der Waals surface area contributed by atoms with Crippen molar-refractivity contribution >= 4 is 17.5 Å². The second-order valence-corrected chi connectivity index (χ2v) is 7.05. The van der Waals surface area contributed by atoms with Gasteiger partial charge < -0.3 is 15.5 Å². The van der Waals surface area contributed by atoms with Gasteiger partial charge in [0.2, 0.25) is 5.95 Å². The first-order valence-corrected chi connectivity index (χ1v) is 9.56. The number of benzene rings is 1. The molecule has 3 aromatic rings. The van der Waals surface area contributed by atoms with Crippen molar-refractivity contribution < 1.29 is 17.6 Å². The molecular weight excluding hydrogens is 412 g/mol. The van der Waals surface area contributed by atoms with Gasteiger partial charge in [-0.05, 0) is 51.3 Å². The largest absolute Gasteiger partial charge is 0.418 e. The molecule has 0 aliphatic rings. The van der Waals surface area contributed by atoms with Crippen LogP contribution in [0.25, 0.3) is 11.4 Å². The molecule has 0 spiro atoms. The summed E-state index contributed by atoms with van der Waals surface area (Å²) in [6.45, 7) is 1.39. The summed E-state index contributed by atoms with van der Waals surface area (Å²) in [5.74, 6) is -0.816. The second kappa shape index (κ2) is 9.69. The van der Waals surface area contributed by atoms with E-state index < -0.39 is 23.2 Å². The number of nitrogens with zero attached hydrogens (tertiary/aromatic N) is 4. The Morgan fingerprint density at radius 2 is 1.81 bits per heavy atom. The molecule has 0 amide bonds. The smallest absolute Gasteiger partial charge is 0.354 e. The summed E-state index contributed by atoms with van der Waals surface area (Å²) in [7, 11) is 3.90. The van der Waals surface area contributed by atoms with Crippen LogP contribution < -0.4 is 10.6 Å². The standard InChI is InChI=1S/C21H22F4N6/c1-31(2)12-6-11-27-20-28-17(16-9-3-4-10-26-16)13-18(30-20)29-19-14(21(23,24)25)7-5-8-15(19)22/h3-5,7-10,13H,6,11-12H2,1-2H3,(H2,27,28,29,30). The number of para-hydroxylation sites is 1. The molecule has 0 radical (unpaired) electrons. The Labute approximate surface area is 177 Å². The normalized spacial score (nSPS) is 11.6. The zero-order valence-corrected chi connectivity index (χ0v) is 17.0. The number of nitrogens with one attached hydrogen (secondary N) is 2. The van der Waals surface area contributed by atoms with E-state index in [1.165, 1.54) is 6.07 Å². The third-order valence-corrected chi connectivity index (χ3v) is 4.29. The van der Waals surface area contributed by atoms with Crippen LogP contribution in [0, 0.1) is 5.82 Å². The van der Waals surface area contributed by atoms with Gasteiger partial charge in [-0.15, -0.1) is 0 Å². The Morgan fingerprint density at radius 1 is 1.00 bits per heavy atom. The van der Waals surface area contributed by atoms with Gasteiger partial charge in [-0.25, -0.2) is 9.37 Å². The van der Waals surface area contributed by atoms with Crippen molar-refractivity contribution in [1.82, 2.24) is 19.9 Å². The topological polar surface area (TPSA) is 66.0 Å². The van der Waals surface area contributed by atoms with Gasteiger partial charge in [0.1, 0.15) is 11.6 Å². The van der Waals surface area contributed by atoms with Gasteiger partial charge in [-0.1, -0.05) is 12.1 Å². The minimum atomic E-state index is -4.73. The number of pyridine rings is 1. The van der Waals surface area contributed by atoms with Crippen molar-refractivity contribution in [3.05, 3.63) is 60.0 Å². The van der Waals surface area contributed by atoms with E-state index in [1.54, 1.807) is 24.4 Å². The van der Waals surface area contributed by atoms with Crippen LogP contribution >= 0.6 is 0 Å². The van der Waals surface area contributed by atoms with Gasteiger partial charge >= 0.3 is 6.18 Å². The van der Waals surface area contributed by atoms with E-state index in [9.17, 15) is 17.6 Å². The van der Waals surface area contributed by atoms with Crippen LogP contribution in [0.15, 0.2) is 48.7 Å². The van der Waals surface area contributed by atoms with Crippen LogP contribution in [0.1, 0.15) is 12.0 Å². The first kappa shape index (κ1) is 22.4. The Bertz CT molecular complexity index is 1010. The van der Waals surface area contributed by atoms with E-state index in [0.717, 1.165) is 31.2 Å². The van der Waals surface area contributed by atoms with Gasteiger partial charge in [0.25, 0.3) is 0 Å². The molecule has 2 N–H and O–H groups in total. The molecule has 10 heteroatoms. The summed E-state index contributed by atoms with van der Waals surface area (Å²) < 4.78 is 54.4. The minimum absolute atomic E-state index is 0.0152. The predicted octanol–water partition coefficient (Wildman–Crippen LogP) is 4.80. The SMILES string of the molecule is CN(C)CCCNc1nc(Nc2c(F)cccc2C(F)(F)F)cc(-c2ccccn2)n1. The highest BCUT2D eigenvalue weighted by Crippen LogP contribution is 2.37. The Morgan fingerprint density at radius 3 is 2.48 bits per heavy atom. The number of alkyl halides is 3. The number of rotatable bonds is 8. The molecule has 0 saturated carbocycles. The van der Waals surface area contributed by atoms with Gasteiger partial charge in [0.05, 0.1) is 22.6 Å². The van der Waals surface area contributed by atoms with E-state index in [4.69, 9.17) is 0 Å². The number of halogens is 4. The fourth-order valence-electron chi connectivity index (χ4n) is 2.85. The Hall–Kier alpha value is -3.27. The van der Waals surface area contributed by atoms with E-state index in [1.807, 2.05) is 19.0 Å². The van der Waals surface area contributed by atoms with Crippen LogP contribution in [-0.4, -0.2) is 47.0 Å². The Balaban J connectivity index is 1.95. The van der Waals surface area contributed by atoms with Crippen molar-refractivity contribution in [3.8, 4) is 11.4 Å². The zero-order valence-electron chi connectivity index (χ0n) is 17.0. The molecule has 1 aromatic carbocycles. The van der Waals surface area contributed by atoms with Crippen LogP contribution in [-0.2, 0) is 6.18 Å². The van der Waals surface area contributed by atoms with Crippen molar-refractivity contribution in [1.29, 1.82) is 0 Å². The molecular formula is C21H22F4N6. The number of anilines is 3. The molecule has 0 bridgehead atoms. The molecule has 0 unspecified atom stereocenters. The van der Waals surface area contributed by atoms with Gasteiger partial charge in [-0.2, -0.15) is 18.2 Å². The first-order chi connectivity index (χ1) is 14.7. The number of hydrogen-bond donors (Lipinski definition) is 2. The van der Waals surface area contributed by atoms with Gasteiger partial charge in [0.15, 0.2) is 0 Å². The zero-order chi connectivity index (χ0) is 22.4. The third-order valence-electron chi connectivity index (χ3n) is 4.29. The maximum Gasteiger partial charge on any atom is 0.418 e. The molecule has 31 heavy (non-hydrogen) atoms. The lowest BCUT2D eigenvalue weighted by atomic mass is 10.1. The van der Waals surface area contributed by atoms with Crippen LogP contribution in [0.5, 0.6) is 0 Å². The lowest BCUT2D eigenvalue weighted by molar-refractivity contribution is -0.137. The highest BCUT2D eigenvalue weighted by molar-refractivity contribution is 5.67. The molecule has 0 atom stereocenters. The lowest BCUT2D eigenvalue weighted by Gasteiger charge is -2.16. The molecule has 164 valence electrons. The van der Waals surface area contributed by atoms with Crippen LogP contribution in [0.2, 0.25) is 0 Å². The highest BCUT2D eigenvalue weighted by atomic mass is 19.4. The van der Waals surface area contributed by atoms with Crippen molar-refractivity contribution in [2.24, 2.45) is 0 Å². The monoisotopic (exact) mass is 434 g/mol. The fraction of sp³-hybridized carbons (Fsp3) is 0.286. The maximum atomic E-state index is 14.3. The summed E-state index contributed by atoms with van der Waals surface area (Å²) in [6.07, 6.45) is -2.35. The van der Waals surface area contributed by atoms with E-state index in [-0.39, 0.29) is 11.8 Å². The maximum absolute atomic E-state index is 14.3. The Kier molecular flexibility index (Phi) is 7.01. The molecule has 2 heterocycles. The lowest BCUT2D eigenvalue weighted by Crippen LogP contribution is -2.17. The van der Waals surface area contributed by atoms with Crippen molar-refractivity contribution in [2.75, 3.05) is 37.8 Å². The molecule has 6 nitrogen and oxygen atoms in total. The van der Waals surface area contributed by atoms with Crippen molar-refractivity contribution in [3.63, 3.8) is 0 Å². The second-order valence-electron chi connectivity index (χ2n) is 7.05. The van der Waals surface area contributed by atoms with E-state index >= 15 is 0 Å². The van der Waals surface area contributed by atoms with Crippen LogP contribution in [0.3, 0.4) is 0 Å². The van der Waals surface area contributed by atoms with Gasteiger partial charge in [0, 0.05) is 18.8 Å². The highest BCUT2D eigenvalue weighted by Gasteiger charge is 2.35. The molecule has 0 fully saturated rings. The number of hydrogen-bond acceptors (Lipinski definition) is 6. The van der Waals surface area contributed by atoms with Crippen molar-refractivity contribution in [2.45, 2.75) is 12.6 Å². The molecule has 0 aliphatic heterocycles. The predicted molar refractivity (Wildman–Crippen MR) is 112 cm³/mol. The summed E-state index contributed by atoms with van der Waals surface area (Å²) >= 11 is 0. The molecule has 0 saturated heterocycles. The molecule has 0 aliphatic carbocycles. The summed E-state index contributed by atoms with van der Waals surface area (Å²) in [4.78, 5) is 14.9. The number of aromatic nitrogens is 3. The summed E-state index contributed by atoms with van der Waals surface area (Å²) in [5, 5.41) is 5.55. The minimum Gasteiger partial charge on any atom is -0.354 e. The van der Waals surface area contributed by atoms with E-state index in [0.29, 0.717) is 17.9 Å². The average molecular weight is 434 g/mol. The van der Waals surface area contributed by atoms with E-state index in [2.05, 4.69) is 25.6 Å². The summed E-state index contributed by atoms with van der Waals surface area (Å²) in [6, 6.07) is 9.43. The van der Waals surface area contributed by atoms with Gasteiger partial charge in [-0.3, -0.25) is 4.98 Å². The molecule has 2 aromatic heterocycles. The first-order valence-electron chi connectivity index (χ1n) is 9.56. The fourth-order valence-corrected chi connectivity index (χ4v) is 2.85. The molecule has 3 rings (SSSR count). The average Bonchev–Trinajstić information content (AvgIpc) is 2.72. The summed E-state index contributed by atoms with van der Waals surface area (Å²) in [5.41, 5.74) is -0.919. The third kappa shape index (κ3) is 6.11. The quantitative estimate of drug-likeness (QED) is 0.392.